The number of thioether (sulfide) groups is 1. The maximum absolute atomic E-state index is 13.2. The van der Waals surface area contributed by atoms with E-state index in [0.29, 0.717) is 28.5 Å². The van der Waals surface area contributed by atoms with E-state index in [9.17, 15) is 14.7 Å². The number of fused-ring (bicyclic) bond motifs is 1. The summed E-state index contributed by atoms with van der Waals surface area (Å²) in [5.74, 6) is 1.14. The molecule has 0 amide bonds. The van der Waals surface area contributed by atoms with Crippen LogP contribution in [0.1, 0.15) is 69.9 Å². The van der Waals surface area contributed by atoms with Crippen LogP contribution in [-0.4, -0.2) is 26.6 Å². The number of nitrogens with zero attached hydrogens (tertiary/aromatic N) is 1. The molecule has 164 valence electrons. The van der Waals surface area contributed by atoms with Crippen molar-refractivity contribution in [2.45, 2.75) is 63.9 Å². The average molecular weight is 440 g/mol. The number of hydrogen-bond acceptors (Lipinski definition) is 6. The number of phenolic OH excluding ortho intramolecular Hbond substituents is 1. The molecule has 2 aromatic rings. The Labute approximate surface area is 186 Å². The van der Waals surface area contributed by atoms with Gasteiger partial charge in [-0.15, -0.1) is 0 Å². The van der Waals surface area contributed by atoms with Crippen molar-refractivity contribution in [2.75, 3.05) is 11.1 Å². The van der Waals surface area contributed by atoms with Gasteiger partial charge in [0.1, 0.15) is 11.6 Å². The third-order valence-electron chi connectivity index (χ3n) is 5.91. The van der Waals surface area contributed by atoms with Crippen molar-refractivity contribution >= 4 is 23.4 Å². The Morgan fingerprint density at radius 2 is 1.90 bits per heavy atom. The van der Waals surface area contributed by atoms with Crippen molar-refractivity contribution in [2.24, 2.45) is 5.41 Å². The van der Waals surface area contributed by atoms with Crippen molar-refractivity contribution in [1.82, 2.24) is 9.97 Å². The van der Waals surface area contributed by atoms with E-state index >= 15 is 0 Å². The fraction of sp³-hybridized carbons (Fsp3) is 0.458. The van der Waals surface area contributed by atoms with Crippen LogP contribution in [0.4, 0.5) is 5.82 Å². The largest absolute Gasteiger partial charge is 0.508 e. The first-order valence-corrected chi connectivity index (χ1v) is 11.9. The molecular weight excluding hydrogens is 410 g/mol. The number of allylic oxidation sites excluding steroid dienone is 2. The Hall–Kier alpha value is -2.54. The van der Waals surface area contributed by atoms with Gasteiger partial charge in [-0.25, -0.2) is 4.98 Å². The van der Waals surface area contributed by atoms with Crippen LogP contribution in [0, 0.1) is 5.41 Å². The van der Waals surface area contributed by atoms with Crippen LogP contribution in [0.3, 0.4) is 0 Å². The number of anilines is 1. The fourth-order valence-electron chi connectivity index (χ4n) is 4.48. The van der Waals surface area contributed by atoms with Gasteiger partial charge in [0.2, 0.25) is 0 Å². The zero-order valence-electron chi connectivity index (χ0n) is 18.2. The number of ketones is 1. The maximum Gasteiger partial charge on any atom is 0.257 e. The van der Waals surface area contributed by atoms with Crippen LogP contribution < -0.4 is 10.9 Å². The van der Waals surface area contributed by atoms with E-state index in [1.807, 2.05) is 0 Å². The van der Waals surface area contributed by atoms with E-state index in [4.69, 9.17) is 4.98 Å². The summed E-state index contributed by atoms with van der Waals surface area (Å²) in [7, 11) is 0. The molecule has 0 fully saturated rings. The van der Waals surface area contributed by atoms with Crippen LogP contribution in [0.5, 0.6) is 5.75 Å². The van der Waals surface area contributed by atoms with E-state index in [1.54, 1.807) is 36.0 Å². The molecule has 2 heterocycles. The summed E-state index contributed by atoms with van der Waals surface area (Å²) in [5.41, 5.74) is 2.39. The standard InChI is InChI=1S/C24H29N3O3S/c1-4-5-6-11-31-23-26-21-20(22(30)27-23)18(14-7-9-15(28)10-8-14)19-16(25-21)12-24(2,3)13-17(19)29/h7-10,18,28H,4-6,11-13H2,1-3H3,(H2,25,26,27,30). The summed E-state index contributed by atoms with van der Waals surface area (Å²) in [4.78, 5) is 34.1. The normalized spacial score (nSPS) is 19.6. The van der Waals surface area contributed by atoms with Gasteiger partial charge in [-0.2, -0.15) is 0 Å². The third kappa shape index (κ3) is 4.42. The summed E-state index contributed by atoms with van der Waals surface area (Å²) in [6, 6.07) is 6.74. The number of aromatic hydroxyl groups is 1. The topological polar surface area (TPSA) is 95.1 Å². The van der Waals surface area contributed by atoms with Gasteiger partial charge in [-0.3, -0.25) is 9.59 Å². The van der Waals surface area contributed by atoms with Crippen LogP contribution in [0.15, 0.2) is 45.5 Å². The number of nitrogens with one attached hydrogen (secondary N) is 2. The zero-order valence-corrected chi connectivity index (χ0v) is 19.1. The lowest BCUT2D eigenvalue weighted by molar-refractivity contribution is -0.118. The van der Waals surface area contributed by atoms with E-state index in [-0.39, 0.29) is 22.5 Å². The second-order valence-corrected chi connectivity index (χ2v) is 10.3. The molecule has 1 unspecified atom stereocenters. The molecule has 1 aromatic heterocycles. The van der Waals surface area contributed by atoms with Gasteiger partial charge in [0.05, 0.1) is 5.56 Å². The van der Waals surface area contributed by atoms with Crippen LogP contribution in [0.25, 0.3) is 0 Å². The minimum Gasteiger partial charge on any atom is -0.508 e. The molecule has 6 nitrogen and oxygen atoms in total. The quantitative estimate of drug-likeness (QED) is 0.335. The van der Waals surface area contributed by atoms with E-state index in [0.717, 1.165) is 42.7 Å². The first kappa shape index (κ1) is 21.7. The van der Waals surface area contributed by atoms with Crippen molar-refractivity contribution in [3.8, 4) is 5.75 Å². The molecule has 1 aliphatic heterocycles. The highest BCUT2D eigenvalue weighted by atomic mass is 32.2. The second-order valence-electron chi connectivity index (χ2n) is 9.17. The molecule has 0 spiro atoms. The number of rotatable bonds is 6. The summed E-state index contributed by atoms with van der Waals surface area (Å²) in [6.07, 6.45) is 4.52. The van der Waals surface area contributed by atoms with Gasteiger partial charge in [0.25, 0.3) is 5.56 Å². The average Bonchev–Trinajstić information content (AvgIpc) is 2.69. The Balaban J connectivity index is 1.80. The first-order valence-electron chi connectivity index (χ1n) is 10.9. The third-order valence-corrected chi connectivity index (χ3v) is 6.87. The van der Waals surface area contributed by atoms with E-state index in [2.05, 4.69) is 31.1 Å². The summed E-state index contributed by atoms with van der Waals surface area (Å²) >= 11 is 1.55. The number of carbonyl (C=O) groups is 1. The molecule has 4 rings (SSSR count). The molecular formula is C24H29N3O3S. The number of aromatic amines is 1. The van der Waals surface area contributed by atoms with Gasteiger partial charge >= 0.3 is 0 Å². The van der Waals surface area contributed by atoms with Gasteiger partial charge in [0.15, 0.2) is 10.9 Å². The van der Waals surface area contributed by atoms with E-state index in [1.165, 1.54) is 0 Å². The molecule has 31 heavy (non-hydrogen) atoms. The summed E-state index contributed by atoms with van der Waals surface area (Å²) in [5, 5.41) is 13.7. The molecule has 0 saturated carbocycles. The predicted molar refractivity (Wildman–Crippen MR) is 124 cm³/mol. The van der Waals surface area contributed by atoms with Crippen molar-refractivity contribution in [3.05, 3.63) is 57.0 Å². The predicted octanol–water partition coefficient (Wildman–Crippen LogP) is 4.96. The SMILES string of the molecule is CCCCCSc1nc2c(c(=O)[nH]1)C(c1ccc(O)cc1)C1=C(CC(C)(C)CC1=O)N2. The lowest BCUT2D eigenvalue weighted by atomic mass is 9.69. The van der Waals surface area contributed by atoms with Gasteiger partial charge in [-0.1, -0.05) is 57.5 Å². The summed E-state index contributed by atoms with van der Waals surface area (Å²) in [6.45, 7) is 6.33. The second kappa shape index (κ2) is 8.54. The van der Waals surface area contributed by atoms with Crippen LogP contribution in [0.2, 0.25) is 0 Å². The molecule has 1 atom stereocenters. The highest BCUT2D eigenvalue weighted by molar-refractivity contribution is 7.99. The number of H-pyrrole nitrogens is 1. The number of unbranched alkanes of at least 4 members (excludes halogenated alkanes) is 2. The van der Waals surface area contributed by atoms with Crippen LogP contribution in [-0.2, 0) is 4.79 Å². The van der Waals surface area contributed by atoms with E-state index < -0.39 is 5.92 Å². The minimum atomic E-state index is -0.495. The number of aromatic nitrogens is 2. The number of benzene rings is 1. The molecule has 0 saturated heterocycles. The van der Waals surface area contributed by atoms with Crippen molar-refractivity contribution in [3.63, 3.8) is 0 Å². The number of Topliss-reactive ketones (excluding diaryl/α,β-unsaturated/α-hetero) is 1. The number of hydrogen-bond donors (Lipinski definition) is 3. The van der Waals surface area contributed by atoms with Crippen molar-refractivity contribution in [1.29, 1.82) is 0 Å². The fourth-order valence-corrected chi connectivity index (χ4v) is 5.35. The highest BCUT2D eigenvalue weighted by Gasteiger charge is 2.42. The molecule has 1 aromatic carbocycles. The summed E-state index contributed by atoms with van der Waals surface area (Å²) < 4.78 is 0. The zero-order chi connectivity index (χ0) is 22.2. The molecule has 1 aliphatic carbocycles. The first-order chi connectivity index (χ1) is 14.8. The lowest BCUT2D eigenvalue weighted by Crippen LogP contribution is -2.37. The van der Waals surface area contributed by atoms with Gasteiger partial charge < -0.3 is 15.4 Å². The molecule has 2 aliphatic rings. The molecule has 7 heteroatoms. The van der Waals surface area contributed by atoms with Crippen molar-refractivity contribution < 1.29 is 9.90 Å². The smallest absolute Gasteiger partial charge is 0.257 e. The Bertz CT molecular complexity index is 1090. The minimum absolute atomic E-state index is 0.0555. The number of carbonyl (C=O) groups excluding carboxylic acids is 1. The highest BCUT2D eigenvalue weighted by Crippen LogP contribution is 2.47. The molecule has 3 N–H and O–H groups in total. The Kier molecular flexibility index (Phi) is 5.97. The molecule has 0 bridgehead atoms. The Morgan fingerprint density at radius 1 is 1.16 bits per heavy atom. The number of phenols is 1. The molecule has 0 radical (unpaired) electrons. The van der Waals surface area contributed by atoms with Crippen LogP contribution >= 0.6 is 11.8 Å². The monoisotopic (exact) mass is 439 g/mol. The van der Waals surface area contributed by atoms with Gasteiger partial charge in [0, 0.05) is 29.4 Å². The maximum atomic E-state index is 13.2. The lowest BCUT2D eigenvalue weighted by Gasteiger charge is -2.38. The Morgan fingerprint density at radius 3 is 2.61 bits per heavy atom. The van der Waals surface area contributed by atoms with Gasteiger partial charge in [-0.05, 0) is 36.0 Å².